The zero-order valence-corrected chi connectivity index (χ0v) is 16.0. The van der Waals surface area contributed by atoms with Gasteiger partial charge in [0.1, 0.15) is 17.3 Å². The van der Waals surface area contributed by atoms with Gasteiger partial charge in [-0.25, -0.2) is 9.97 Å². The van der Waals surface area contributed by atoms with E-state index in [1.54, 1.807) is 5.38 Å². The summed E-state index contributed by atoms with van der Waals surface area (Å²) in [5.74, 6) is 1.28. The van der Waals surface area contributed by atoms with Crippen molar-refractivity contribution in [2.24, 2.45) is 0 Å². The van der Waals surface area contributed by atoms with Crippen LogP contribution in [0.15, 0.2) is 53.9 Å². The molecule has 0 bridgehead atoms. The summed E-state index contributed by atoms with van der Waals surface area (Å²) in [5.41, 5.74) is 3.08. The van der Waals surface area contributed by atoms with Crippen molar-refractivity contribution in [2.75, 3.05) is 11.9 Å². The number of nitrogens with one attached hydrogen (secondary N) is 3. The van der Waals surface area contributed by atoms with E-state index in [1.807, 2.05) is 55.5 Å². The number of imidazole rings is 1. The highest BCUT2D eigenvalue weighted by Gasteiger charge is 2.12. The van der Waals surface area contributed by atoms with E-state index in [0.717, 1.165) is 22.5 Å². The number of hydrogen-bond acceptors (Lipinski definition) is 6. The number of thiazole rings is 1. The Morgan fingerprint density at radius 3 is 2.75 bits per heavy atom. The van der Waals surface area contributed by atoms with E-state index in [-0.39, 0.29) is 5.91 Å². The van der Waals surface area contributed by atoms with Crippen molar-refractivity contribution in [3.8, 4) is 5.75 Å². The van der Waals surface area contributed by atoms with E-state index in [2.05, 4.69) is 25.6 Å². The van der Waals surface area contributed by atoms with Gasteiger partial charge in [-0.1, -0.05) is 12.1 Å². The lowest BCUT2D eigenvalue weighted by molar-refractivity contribution is 0.0946. The Morgan fingerprint density at radius 1 is 1.14 bits per heavy atom. The molecule has 0 aliphatic rings. The Bertz CT molecular complexity index is 1050. The summed E-state index contributed by atoms with van der Waals surface area (Å²) in [4.78, 5) is 24.4. The Balaban J connectivity index is 1.35. The van der Waals surface area contributed by atoms with Crippen molar-refractivity contribution in [1.29, 1.82) is 0 Å². The highest BCUT2D eigenvalue weighted by Crippen LogP contribution is 2.23. The predicted molar refractivity (Wildman–Crippen MR) is 110 cm³/mol. The van der Waals surface area contributed by atoms with Gasteiger partial charge in [-0.2, -0.15) is 0 Å². The van der Waals surface area contributed by atoms with Crippen LogP contribution >= 0.6 is 11.3 Å². The lowest BCUT2D eigenvalue weighted by Crippen LogP contribution is -2.23. The largest absolute Gasteiger partial charge is 0.494 e. The number of aromatic amines is 1. The van der Waals surface area contributed by atoms with Crippen molar-refractivity contribution >= 4 is 39.1 Å². The van der Waals surface area contributed by atoms with E-state index < -0.39 is 0 Å². The monoisotopic (exact) mass is 393 g/mol. The van der Waals surface area contributed by atoms with E-state index in [9.17, 15) is 4.79 Å². The molecular weight excluding hydrogens is 374 g/mol. The van der Waals surface area contributed by atoms with Crippen molar-refractivity contribution < 1.29 is 9.53 Å². The number of fused-ring (bicyclic) bond motifs is 1. The van der Waals surface area contributed by atoms with Crippen LogP contribution in [-0.4, -0.2) is 27.5 Å². The number of para-hydroxylation sites is 2. The summed E-state index contributed by atoms with van der Waals surface area (Å²) in [7, 11) is 0. The highest BCUT2D eigenvalue weighted by molar-refractivity contribution is 7.14. The number of amides is 1. The fraction of sp³-hybridized carbons (Fsp3) is 0.150. The van der Waals surface area contributed by atoms with Gasteiger partial charge in [0.25, 0.3) is 5.91 Å². The third kappa shape index (κ3) is 4.12. The fourth-order valence-electron chi connectivity index (χ4n) is 2.70. The maximum atomic E-state index is 12.4. The second-order valence-electron chi connectivity index (χ2n) is 6.00. The Hall–Kier alpha value is -3.39. The Morgan fingerprint density at radius 2 is 1.96 bits per heavy atom. The second-order valence-corrected chi connectivity index (χ2v) is 6.86. The van der Waals surface area contributed by atoms with Crippen molar-refractivity contribution in [1.82, 2.24) is 20.3 Å². The van der Waals surface area contributed by atoms with E-state index in [1.165, 1.54) is 11.3 Å². The maximum Gasteiger partial charge on any atom is 0.271 e. The van der Waals surface area contributed by atoms with E-state index >= 15 is 0 Å². The molecule has 0 unspecified atom stereocenters. The number of nitrogens with zero attached hydrogens (tertiary/aromatic N) is 2. The van der Waals surface area contributed by atoms with Crippen LogP contribution in [0.25, 0.3) is 11.0 Å². The lowest BCUT2D eigenvalue weighted by atomic mass is 10.3. The summed E-state index contributed by atoms with van der Waals surface area (Å²) in [6, 6.07) is 15.3. The molecule has 1 amide bonds. The summed E-state index contributed by atoms with van der Waals surface area (Å²) in [5, 5.41) is 8.41. The molecule has 0 atom stereocenters. The quantitative estimate of drug-likeness (QED) is 0.440. The molecular formula is C20H19N5O2S. The van der Waals surface area contributed by atoms with E-state index in [4.69, 9.17) is 4.74 Å². The zero-order valence-electron chi connectivity index (χ0n) is 15.2. The number of aromatic nitrogens is 3. The lowest BCUT2D eigenvalue weighted by Gasteiger charge is -2.05. The van der Waals surface area contributed by atoms with E-state index in [0.29, 0.717) is 29.8 Å². The number of ether oxygens (including phenoxy) is 1. The Kier molecular flexibility index (Phi) is 5.20. The average Bonchev–Trinajstić information content (AvgIpc) is 3.34. The van der Waals surface area contributed by atoms with Crippen LogP contribution in [0, 0.1) is 0 Å². The summed E-state index contributed by atoms with van der Waals surface area (Å²) in [6.07, 6.45) is 0. The molecule has 0 saturated carbocycles. The van der Waals surface area contributed by atoms with Crippen LogP contribution in [0.5, 0.6) is 5.75 Å². The first kappa shape index (κ1) is 18.0. The minimum Gasteiger partial charge on any atom is -0.494 e. The number of H-pyrrole nitrogens is 1. The number of hydrogen-bond donors (Lipinski definition) is 3. The van der Waals surface area contributed by atoms with Gasteiger partial charge in [0.2, 0.25) is 0 Å². The fourth-order valence-corrected chi connectivity index (χ4v) is 3.41. The molecule has 7 nitrogen and oxygen atoms in total. The number of rotatable bonds is 7. The molecule has 0 fully saturated rings. The molecule has 2 heterocycles. The summed E-state index contributed by atoms with van der Waals surface area (Å²) < 4.78 is 5.43. The molecule has 0 radical (unpaired) electrons. The molecule has 28 heavy (non-hydrogen) atoms. The molecule has 4 rings (SSSR count). The first-order valence-electron chi connectivity index (χ1n) is 8.88. The van der Waals surface area contributed by atoms with Crippen LogP contribution in [0.4, 0.5) is 10.8 Å². The second kappa shape index (κ2) is 8.10. The van der Waals surface area contributed by atoms with Gasteiger partial charge >= 0.3 is 0 Å². The summed E-state index contributed by atoms with van der Waals surface area (Å²) in [6.45, 7) is 2.89. The molecule has 4 aromatic rings. The third-order valence-corrected chi connectivity index (χ3v) is 4.77. The number of benzene rings is 2. The van der Waals surface area contributed by atoms with Gasteiger partial charge in [-0.15, -0.1) is 11.3 Å². The molecule has 0 aliphatic heterocycles. The average molecular weight is 393 g/mol. The molecule has 2 aromatic heterocycles. The normalized spacial score (nSPS) is 10.8. The molecule has 8 heteroatoms. The SMILES string of the molecule is CCOc1ccc(Nc2nc(C(=O)NCc3nc4ccccc4[nH]3)cs2)cc1. The standard InChI is InChI=1S/C20H19N5O2S/c1-2-27-14-9-7-13(8-10-14)22-20-25-17(12-28-20)19(26)21-11-18-23-15-5-3-4-6-16(15)24-18/h3-10,12H,2,11H2,1H3,(H,21,26)(H,22,25)(H,23,24). The van der Waals surface area contributed by atoms with Gasteiger partial charge in [0.05, 0.1) is 24.2 Å². The minimum absolute atomic E-state index is 0.239. The Labute approximate surface area is 165 Å². The van der Waals surface area contributed by atoms with Crippen molar-refractivity contribution in [3.05, 3.63) is 65.4 Å². The molecule has 3 N–H and O–H groups in total. The smallest absolute Gasteiger partial charge is 0.271 e. The summed E-state index contributed by atoms with van der Waals surface area (Å²) >= 11 is 1.37. The number of anilines is 2. The van der Waals surface area contributed by atoms with Crippen molar-refractivity contribution in [3.63, 3.8) is 0 Å². The highest BCUT2D eigenvalue weighted by atomic mass is 32.1. The maximum absolute atomic E-state index is 12.4. The minimum atomic E-state index is -0.239. The van der Waals surface area contributed by atoms with Crippen LogP contribution in [0.1, 0.15) is 23.2 Å². The van der Waals surface area contributed by atoms with Crippen LogP contribution < -0.4 is 15.4 Å². The van der Waals surface area contributed by atoms with Crippen LogP contribution in [0.2, 0.25) is 0 Å². The van der Waals surface area contributed by atoms with Gasteiger partial charge in [-0.05, 0) is 43.3 Å². The first-order valence-corrected chi connectivity index (χ1v) is 9.76. The van der Waals surface area contributed by atoms with Crippen LogP contribution in [-0.2, 0) is 6.54 Å². The van der Waals surface area contributed by atoms with Gasteiger partial charge < -0.3 is 20.4 Å². The zero-order chi connectivity index (χ0) is 19.3. The molecule has 142 valence electrons. The van der Waals surface area contributed by atoms with Crippen LogP contribution in [0.3, 0.4) is 0 Å². The molecule has 0 saturated heterocycles. The predicted octanol–water partition coefficient (Wildman–Crippen LogP) is 4.09. The number of carbonyl (C=O) groups excluding carboxylic acids is 1. The van der Waals surface area contributed by atoms with Gasteiger partial charge in [0.15, 0.2) is 5.13 Å². The first-order chi connectivity index (χ1) is 13.7. The third-order valence-electron chi connectivity index (χ3n) is 4.01. The van der Waals surface area contributed by atoms with Gasteiger partial charge in [0, 0.05) is 11.1 Å². The van der Waals surface area contributed by atoms with Gasteiger partial charge in [-0.3, -0.25) is 4.79 Å². The van der Waals surface area contributed by atoms with Crippen molar-refractivity contribution in [2.45, 2.75) is 13.5 Å². The topological polar surface area (TPSA) is 91.9 Å². The molecule has 0 spiro atoms. The molecule has 0 aliphatic carbocycles. The molecule has 2 aromatic carbocycles. The number of carbonyl (C=O) groups is 1.